The zero-order chi connectivity index (χ0) is 16.2. The SMILES string of the molecule is CC(CN)NC(=O)c1cc(-c2ccccc2)nc2ccccc12. The predicted molar refractivity (Wildman–Crippen MR) is 93.2 cm³/mol. The second kappa shape index (κ2) is 6.58. The first-order chi connectivity index (χ1) is 11.2. The van der Waals surface area contributed by atoms with Crippen molar-refractivity contribution in [3.63, 3.8) is 0 Å². The molecule has 0 aliphatic carbocycles. The third kappa shape index (κ3) is 3.22. The van der Waals surface area contributed by atoms with Gasteiger partial charge in [-0.05, 0) is 19.1 Å². The number of pyridine rings is 1. The van der Waals surface area contributed by atoms with E-state index in [0.717, 1.165) is 22.2 Å². The van der Waals surface area contributed by atoms with E-state index >= 15 is 0 Å². The quantitative estimate of drug-likeness (QED) is 0.778. The smallest absolute Gasteiger partial charge is 0.252 e. The molecule has 1 atom stereocenters. The van der Waals surface area contributed by atoms with E-state index in [4.69, 9.17) is 5.73 Å². The topological polar surface area (TPSA) is 68.0 Å². The minimum atomic E-state index is -0.126. The molecule has 1 heterocycles. The fraction of sp³-hybridized carbons (Fsp3) is 0.158. The number of nitrogens with one attached hydrogen (secondary N) is 1. The first kappa shape index (κ1) is 15.2. The highest BCUT2D eigenvalue weighted by Gasteiger charge is 2.15. The molecule has 0 saturated carbocycles. The maximum atomic E-state index is 12.6. The minimum Gasteiger partial charge on any atom is -0.348 e. The van der Waals surface area contributed by atoms with Gasteiger partial charge >= 0.3 is 0 Å². The normalized spacial score (nSPS) is 12.1. The highest BCUT2D eigenvalue weighted by atomic mass is 16.1. The van der Waals surface area contributed by atoms with Crippen molar-refractivity contribution in [1.82, 2.24) is 10.3 Å². The van der Waals surface area contributed by atoms with Crippen LogP contribution in [0.5, 0.6) is 0 Å². The van der Waals surface area contributed by atoms with Crippen molar-refractivity contribution in [2.24, 2.45) is 5.73 Å². The summed E-state index contributed by atoms with van der Waals surface area (Å²) in [5.74, 6) is -0.126. The van der Waals surface area contributed by atoms with Crippen molar-refractivity contribution in [1.29, 1.82) is 0 Å². The van der Waals surface area contributed by atoms with Gasteiger partial charge in [-0.2, -0.15) is 0 Å². The highest BCUT2D eigenvalue weighted by molar-refractivity contribution is 6.07. The molecule has 3 aromatic rings. The van der Waals surface area contributed by atoms with Crippen molar-refractivity contribution in [3.05, 3.63) is 66.2 Å². The number of fused-ring (bicyclic) bond motifs is 1. The Hall–Kier alpha value is -2.72. The molecule has 0 bridgehead atoms. The molecule has 2 aromatic carbocycles. The van der Waals surface area contributed by atoms with Crippen LogP contribution in [0.25, 0.3) is 22.2 Å². The van der Waals surface area contributed by atoms with Crippen LogP contribution in [0.3, 0.4) is 0 Å². The summed E-state index contributed by atoms with van der Waals surface area (Å²) in [4.78, 5) is 17.3. The summed E-state index contributed by atoms with van der Waals surface area (Å²) < 4.78 is 0. The largest absolute Gasteiger partial charge is 0.348 e. The monoisotopic (exact) mass is 305 g/mol. The fourth-order valence-corrected chi connectivity index (χ4v) is 2.48. The molecular formula is C19H19N3O. The maximum absolute atomic E-state index is 12.6. The van der Waals surface area contributed by atoms with Gasteiger partial charge in [0.1, 0.15) is 0 Å². The first-order valence-electron chi connectivity index (χ1n) is 7.65. The van der Waals surface area contributed by atoms with Crippen LogP contribution in [0.15, 0.2) is 60.7 Å². The Kier molecular flexibility index (Phi) is 4.35. The number of benzene rings is 2. The van der Waals surface area contributed by atoms with E-state index in [0.29, 0.717) is 12.1 Å². The number of nitrogens with zero attached hydrogens (tertiary/aromatic N) is 1. The van der Waals surface area contributed by atoms with Crippen LogP contribution in [0, 0.1) is 0 Å². The Morgan fingerprint density at radius 2 is 1.83 bits per heavy atom. The molecule has 1 amide bonds. The minimum absolute atomic E-state index is 0.0744. The summed E-state index contributed by atoms with van der Waals surface area (Å²) in [6.45, 7) is 2.29. The molecule has 4 heteroatoms. The summed E-state index contributed by atoms with van der Waals surface area (Å²) in [6, 6.07) is 19.3. The van der Waals surface area contributed by atoms with Crippen molar-refractivity contribution in [3.8, 4) is 11.3 Å². The lowest BCUT2D eigenvalue weighted by atomic mass is 10.0. The molecule has 0 aliphatic heterocycles. The molecule has 3 N–H and O–H groups in total. The van der Waals surface area contributed by atoms with Crippen LogP contribution in [0.4, 0.5) is 0 Å². The summed E-state index contributed by atoms with van der Waals surface area (Å²) in [6.07, 6.45) is 0. The first-order valence-corrected chi connectivity index (χ1v) is 7.65. The predicted octanol–water partition coefficient (Wildman–Crippen LogP) is 2.98. The van der Waals surface area contributed by atoms with Gasteiger partial charge in [-0.15, -0.1) is 0 Å². The standard InChI is InChI=1S/C19H19N3O/c1-13(12-20)21-19(23)16-11-18(14-7-3-2-4-8-14)22-17-10-6-5-9-15(16)17/h2-11,13H,12,20H2,1H3,(H,21,23). The zero-order valence-electron chi connectivity index (χ0n) is 13.0. The van der Waals surface area contributed by atoms with Gasteiger partial charge in [-0.25, -0.2) is 4.98 Å². The number of carbonyl (C=O) groups excluding carboxylic acids is 1. The molecule has 0 spiro atoms. The van der Waals surface area contributed by atoms with Crippen molar-refractivity contribution in [2.45, 2.75) is 13.0 Å². The van der Waals surface area contributed by atoms with Crippen molar-refractivity contribution in [2.75, 3.05) is 6.54 Å². The summed E-state index contributed by atoms with van der Waals surface area (Å²) in [5.41, 5.74) is 8.80. The van der Waals surface area contributed by atoms with Gasteiger partial charge in [-0.1, -0.05) is 48.5 Å². The number of rotatable bonds is 4. The third-order valence-electron chi connectivity index (χ3n) is 3.76. The third-order valence-corrected chi connectivity index (χ3v) is 3.76. The van der Waals surface area contributed by atoms with Gasteiger partial charge in [0, 0.05) is 23.5 Å². The molecular weight excluding hydrogens is 286 g/mol. The van der Waals surface area contributed by atoms with Gasteiger partial charge in [-0.3, -0.25) is 4.79 Å². The van der Waals surface area contributed by atoms with Crippen LogP contribution >= 0.6 is 0 Å². The van der Waals surface area contributed by atoms with E-state index in [-0.39, 0.29) is 11.9 Å². The zero-order valence-corrected chi connectivity index (χ0v) is 13.0. The van der Waals surface area contributed by atoms with Crippen molar-refractivity contribution >= 4 is 16.8 Å². The van der Waals surface area contributed by atoms with Gasteiger partial charge in [0.15, 0.2) is 0 Å². The lowest BCUT2D eigenvalue weighted by molar-refractivity contribution is 0.0943. The number of hydrogen-bond donors (Lipinski definition) is 2. The number of aromatic nitrogens is 1. The van der Waals surface area contributed by atoms with Crippen LogP contribution in [0.1, 0.15) is 17.3 Å². The van der Waals surface area contributed by atoms with E-state index in [9.17, 15) is 4.79 Å². The van der Waals surface area contributed by atoms with Crippen LogP contribution in [-0.2, 0) is 0 Å². The molecule has 4 nitrogen and oxygen atoms in total. The molecule has 0 aliphatic rings. The van der Waals surface area contributed by atoms with E-state index < -0.39 is 0 Å². The van der Waals surface area contributed by atoms with E-state index in [1.165, 1.54) is 0 Å². The Morgan fingerprint density at radius 3 is 2.57 bits per heavy atom. The second-order valence-corrected chi connectivity index (χ2v) is 5.55. The Balaban J connectivity index is 2.13. The van der Waals surface area contributed by atoms with Gasteiger partial charge in [0.25, 0.3) is 5.91 Å². The van der Waals surface area contributed by atoms with Crippen LogP contribution in [0.2, 0.25) is 0 Å². The average molecular weight is 305 g/mol. The highest BCUT2D eigenvalue weighted by Crippen LogP contribution is 2.24. The van der Waals surface area contributed by atoms with Gasteiger partial charge in [0.2, 0.25) is 0 Å². The number of carbonyl (C=O) groups is 1. The maximum Gasteiger partial charge on any atom is 0.252 e. The average Bonchev–Trinajstić information content (AvgIpc) is 2.61. The van der Waals surface area contributed by atoms with Gasteiger partial charge < -0.3 is 11.1 Å². The van der Waals surface area contributed by atoms with E-state index in [2.05, 4.69) is 10.3 Å². The van der Waals surface area contributed by atoms with E-state index in [1.807, 2.05) is 67.6 Å². The number of amides is 1. The Bertz CT molecular complexity index is 830. The lowest BCUT2D eigenvalue weighted by Crippen LogP contribution is -2.37. The van der Waals surface area contributed by atoms with Crippen molar-refractivity contribution < 1.29 is 4.79 Å². The lowest BCUT2D eigenvalue weighted by Gasteiger charge is -2.14. The summed E-state index contributed by atoms with van der Waals surface area (Å²) >= 11 is 0. The number of nitrogens with two attached hydrogens (primary N) is 1. The summed E-state index contributed by atoms with van der Waals surface area (Å²) in [7, 11) is 0. The molecule has 0 fully saturated rings. The van der Waals surface area contributed by atoms with Gasteiger partial charge in [0.05, 0.1) is 16.8 Å². The fourth-order valence-electron chi connectivity index (χ4n) is 2.48. The molecule has 23 heavy (non-hydrogen) atoms. The molecule has 1 unspecified atom stereocenters. The van der Waals surface area contributed by atoms with E-state index in [1.54, 1.807) is 0 Å². The Morgan fingerprint density at radius 1 is 1.13 bits per heavy atom. The number of para-hydroxylation sites is 1. The summed E-state index contributed by atoms with van der Waals surface area (Å²) in [5, 5.41) is 3.77. The van der Waals surface area contributed by atoms with Crippen LogP contribution < -0.4 is 11.1 Å². The molecule has 0 radical (unpaired) electrons. The molecule has 116 valence electrons. The van der Waals surface area contributed by atoms with Crippen LogP contribution in [-0.4, -0.2) is 23.5 Å². The second-order valence-electron chi connectivity index (χ2n) is 5.55. The number of hydrogen-bond acceptors (Lipinski definition) is 3. The molecule has 1 aromatic heterocycles. The molecule has 3 rings (SSSR count). The Labute approximate surface area is 135 Å². The molecule has 0 saturated heterocycles.